The highest BCUT2D eigenvalue weighted by atomic mass is 16.3. The fourth-order valence-corrected chi connectivity index (χ4v) is 2.61. The maximum absolute atomic E-state index is 12.1. The van der Waals surface area contributed by atoms with Gasteiger partial charge in [0.1, 0.15) is 0 Å². The highest BCUT2D eigenvalue weighted by Crippen LogP contribution is 2.30. The number of aliphatic hydroxyl groups excluding tert-OH is 1. The third-order valence-corrected chi connectivity index (χ3v) is 3.86. The smallest absolute Gasteiger partial charge is 0.273 e. The van der Waals surface area contributed by atoms with Crippen molar-refractivity contribution in [3.05, 3.63) is 42.2 Å². The third kappa shape index (κ3) is 3.11. The molecule has 1 amide bonds. The van der Waals surface area contributed by atoms with Gasteiger partial charge < -0.3 is 10.4 Å². The van der Waals surface area contributed by atoms with Gasteiger partial charge in [-0.25, -0.2) is 4.68 Å². The Morgan fingerprint density at radius 1 is 1.33 bits per heavy atom. The molecule has 0 saturated heterocycles. The molecule has 110 valence electrons. The van der Waals surface area contributed by atoms with E-state index in [-0.39, 0.29) is 18.6 Å². The molecule has 6 heteroatoms. The molecular weight excluding hydrogens is 268 g/mol. The molecule has 0 radical (unpaired) electrons. The van der Waals surface area contributed by atoms with Gasteiger partial charge in [-0.3, -0.25) is 4.79 Å². The number of rotatable bonds is 5. The third-order valence-electron chi connectivity index (χ3n) is 3.86. The Labute approximate surface area is 122 Å². The first-order chi connectivity index (χ1) is 10.3. The molecule has 1 aromatic heterocycles. The highest BCUT2D eigenvalue weighted by molar-refractivity contribution is 5.92. The number of hydrogen-bond donors (Lipinski definition) is 2. The molecule has 1 aromatic carbocycles. The van der Waals surface area contributed by atoms with E-state index >= 15 is 0 Å². The summed E-state index contributed by atoms with van der Waals surface area (Å²) in [5, 5.41) is 19.7. The second kappa shape index (κ2) is 6.05. The van der Waals surface area contributed by atoms with Crippen LogP contribution in [0.4, 0.5) is 0 Å². The second-order valence-electron chi connectivity index (χ2n) is 5.40. The Kier molecular flexibility index (Phi) is 3.96. The molecular formula is C15H18N4O2. The predicted octanol–water partition coefficient (Wildman–Crippen LogP) is 1.16. The van der Waals surface area contributed by atoms with Crippen LogP contribution in [0, 0.1) is 5.92 Å². The zero-order chi connectivity index (χ0) is 14.7. The summed E-state index contributed by atoms with van der Waals surface area (Å²) in [6.45, 7) is 0.219. The van der Waals surface area contributed by atoms with Crippen molar-refractivity contribution in [2.45, 2.75) is 25.3 Å². The molecule has 1 fully saturated rings. The van der Waals surface area contributed by atoms with Crippen molar-refractivity contribution in [2.75, 3.05) is 6.61 Å². The average Bonchev–Trinajstić information content (AvgIpc) is 2.96. The number of nitrogens with zero attached hydrogens (tertiary/aromatic N) is 3. The minimum absolute atomic E-state index is 0.190. The lowest BCUT2D eigenvalue weighted by atomic mass is 9.78. The predicted molar refractivity (Wildman–Crippen MR) is 77.0 cm³/mol. The van der Waals surface area contributed by atoms with Crippen LogP contribution in [0.1, 0.15) is 29.8 Å². The average molecular weight is 286 g/mol. The summed E-state index contributed by atoms with van der Waals surface area (Å²) in [5.74, 6) is 0.338. The van der Waals surface area contributed by atoms with Crippen LogP contribution in [-0.2, 0) is 0 Å². The van der Waals surface area contributed by atoms with Crippen LogP contribution in [0.15, 0.2) is 36.5 Å². The molecule has 2 aromatic rings. The number of hydrogen-bond acceptors (Lipinski definition) is 4. The van der Waals surface area contributed by atoms with Crippen LogP contribution < -0.4 is 5.32 Å². The maximum atomic E-state index is 12.1. The summed E-state index contributed by atoms with van der Waals surface area (Å²) in [4.78, 5) is 12.1. The number of amides is 1. The lowest BCUT2D eigenvalue weighted by Crippen LogP contribution is -2.44. The molecule has 2 N–H and O–H groups in total. The minimum atomic E-state index is -0.190. The molecule has 1 saturated carbocycles. The van der Waals surface area contributed by atoms with E-state index in [9.17, 15) is 4.79 Å². The van der Waals surface area contributed by atoms with E-state index in [1.54, 1.807) is 10.9 Å². The quantitative estimate of drug-likeness (QED) is 0.864. The van der Waals surface area contributed by atoms with Gasteiger partial charge in [-0.05, 0) is 37.3 Å². The van der Waals surface area contributed by atoms with Crippen LogP contribution in [0.3, 0.4) is 0 Å². The molecule has 0 atom stereocenters. The van der Waals surface area contributed by atoms with E-state index in [2.05, 4.69) is 15.6 Å². The fourth-order valence-electron chi connectivity index (χ4n) is 2.61. The van der Waals surface area contributed by atoms with Gasteiger partial charge >= 0.3 is 0 Å². The Bertz CT molecular complexity index is 605. The van der Waals surface area contributed by atoms with Gasteiger partial charge in [-0.15, -0.1) is 5.10 Å². The molecule has 0 bridgehead atoms. The highest BCUT2D eigenvalue weighted by Gasteiger charge is 2.30. The largest absolute Gasteiger partial charge is 0.396 e. The van der Waals surface area contributed by atoms with E-state index in [0.29, 0.717) is 11.6 Å². The Hall–Kier alpha value is -2.21. The van der Waals surface area contributed by atoms with Gasteiger partial charge in [0.25, 0.3) is 5.91 Å². The lowest BCUT2D eigenvalue weighted by Gasteiger charge is -2.35. The van der Waals surface area contributed by atoms with Crippen molar-refractivity contribution in [1.82, 2.24) is 20.3 Å². The number of carbonyl (C=O) groups excluding carboxylic acids is 1. The summed E-state index contributed by atoms with van der Waals surface area (Å²) < 4.78 is 1.59. The Morgan fingerprint density at radius 2 is 2.10 bits per heavy atom. The lowest BCUT2D eigenvalue weighted by molar-refractivity contribution is 0.0869. The summed E-state index contributed by atoms with van der Waals surface area (Å²) in [5.41, 5.74) is 1.19. The zero-order valence-corrected chi connectivity index (χ0v) is 11.6. The summed E-state index contributed by atoms with van der Waals surface area (Å²) >= 11 is 0. The SMILES string of the molecule is O=C(N[C@H]1C[C@@H](CCO)C1)c1cn(-c2ccccc2)nn1. The maximum Gasteiger partial charge on any atom is 0.273 e. The van der Waals surface area contributed by atoms with E-state index in [1.165, 1.54) is 0 Å². The second-order valence-corrected chi connectivity index (χ2v) is 5.40. The summed E-state index contributed by atoms with van der Waals surface area (Å²) in [6.07, 6.45) is 4.31. The van der Waals surface area contributed by atoms with E-state index in [1.807, 2.05) is 30.3 Å². The molecule has 6 nitrogen and oxygen atoms in total. The van der Waals surface area contributed by atoms with Crippen LogP contribution in [0.5, 0.6) is 0 Å². The van der Waals surface area contributed by atoms with Crippen LogP contribution in [0.25, 0.3) is 5.69 Å². The molecule has 0 unspecified atom stereocenters. The van der Waals surface area contributed by atoms with Gasteiger partial charge in [0.15, 0.2) is 5.69 Å². The summed E-state index contributed by atoms with van der Waals surface area (Å²) in [6, 6.07) is 9.74. The minimum Gasteiger partial charge on any atom is -0.396 e. The van der Waals surface area contributed by atoms with Crippen molar-refractivity contribution in [3.63, 3.8) is 0 Å². The van der Waals surface area contributed by atoms with Gasteiger partial charge in [-0.2, -0.15) is 0 Å². The van der Waals surface area contributed by atoms with Crippen molar-refractivity contribution in [1.29, 1.82) is 0 Å². The van der Waals surface area contributed by atoms with Gasteiger partial charge in [0.2, 0.25) is 0 Å². The van der Waals surface area contributed by atoms with Crippen molar-refractivity contribution >= 4 is 5.91 Å². The van der Waals surface area contributed by atoms with Crippen molar-refractivity contribution < 1.29 is 9.90 Å². The number of para-hydroxylation sites is 1. The topological polar surface area (TPSA) is 80.0 Å². The molecule has 0 spiro atoms. The van der Waals surface area contributed by atoms with Gasteiger partial charge in [0.05, 0.1) is 11.9 Å². The molecule has 1 heterocycles. The number of aliphatic hydroxyl groups is 1. The van der Waals surface area contributed by atoms with Crippen molar-refractivity contribution in [3.8, 4) is 5.69 Å². The first-order valence-corrected chi connectivity index (χ1v) is 7.16. The fraction of sp³-hybridized carbons (Fsp3) is 0.400. The van der Waals surface area contributed by atoms with Crippen LogP contribution in [-0.4, -0.2) is 38.7 Å². The number of aromatic nitrogens is 3. The Balaban J connectivity index is 1.58. The molecule has 3 rings (SSSR count). The first-order valence-electron chi connectivity index (χ1n) is 7.16. The number of carbonyl (C=O) groups is 1. The monoisotopic (exact) mass is 286 g/mol. The van der Waals surface area contributed by atoms with Gasteiger partial charge in [-0.1, -0.05) is 23.4 Å². The van der Waals surface area contributed by atoms with Crippen LogP contribution in [0.2, 0.25) is 0 Å². The standard InChI is InChI=1S/C15H18N4O2/c20-7-6-11-8-12(9-11)16-15(21)14-10-19(18-17-14)13-4-2-1-3-5-13/h1-5,10-12,20H,6-9H2,(H,16,21)/t11-,12+. The van der Waals surface area contributed by atoms with E-state index in [0.717, 1.165) is 24.9 Å². The zero-order valence-electron chi connectivity index (χ0n) is 11.6. The normalized spacial score (nSPS) is 20.8. The number of nitrogens with one attached hydrogen (secondary N) is 1. The summed E-state index contributed by atoms with van der Waals surface area (Å²) in [7, 11) is 0. The molecule has 0 aliphatic heterocycles. The molecule has 21 heavy (non-hydrogen) atoms. The molecule has 1 aliphatic rings. The molecule has 1 aliphatic carbocycles. The first kappa shape index (κ1) is 13.8. The van der Waals surface area contributed by atoms with E-state index < -0.39 is 0 Å². The number of benzene rings is 1. The van der Waals surface area contributed by atoms with Crippen molar-refractivity contribution in [2.24, 2.45) is 5.92 Å². The van der Waals surface area contributed by atoms with E-state index in [4.69, 9.17) is 5.11 Å². The Morgan fingerprint density at radius 3 is 2.81 bits per heavy atom. The van der Waals surface area contributed by atoms with Crippen LogP contribution >= 0.6 is 0 Å². The van der Waals surface area contributed by atoms with Gasteiger partial charge in [0, 0.05) is 12.6 Å².